The standard InChI is InChI=1S/C23H27N3O3/c1-2-29-20-12-10-16(11-13-20)21-7-4-14-26(21)23(28)25-19-6-3-5-18(15-19)24-22(27)17-8-9-17/h3,5-6,10-13,15,17,21H,2,4,7-9,14H2,1H3,(H,24,27)(H,25,28). The zero-order valence-corrected chi connectivity index (χ0v) is 16.7. The van der Waals surface area contributed by atoms with Crippen molar-refractivity contribution < 1.29 is 14.3 Å². The van der Waals surface area contributed by atoms with Crippen LogP contribution in [0.15, 0.2) is 48.5 Å². The first-order valence-corrected chi connectivity index (χ1v) is 10.4. The summed E-state index contributed by atoms with van der Waals surface area (Å²) < 4.78 is 5.51. The Kier molecular flexibility index (Phi) is 5.69. The molecule has 0 radical (unpaired) electrons. The van der Waals surface area contributed by atoms with E-state index in [-0.39, 0.29) is 23.9 Å². The Labute approximate surface area is 171 Å². The molecule has 2 fully saturated rings. The number of amides is 3. The monoisotopic (exact) mass is 393 g/mol. The van der Waals surface area contributed by atoms with Crippen LogP contribution >= 0.6 is 0 Å². The molecule has 4 rings (SSSR count). The molecule has 1 atom stereocenters. The number of carbonyl (C=O) groups excluding carboxylic acids is 2. The van der Waals surface area contributed by atoms with Gasteiger partial charge in [-0.2, -0.15) is 0 Å². The SMILES string of the molecule is CCOc1ccc(C2CCCN2C(=O)Nc2cccc(NC(=O)C3CC3)c2)cc1. The molecule has 1 aliphatic carbocycles. The van der Waals surface area contributed by atoms with Crippen LogP contribution in [-0.4, -0.2) is 30.0 Å². The number of hydrogen-bond donors (Lipinski definition) is 2. The first-order valence-electron chi connectivity index (χ1n) is 10.4. The van der Waals surface area contributed by atoms with E-state index in [0.717, 1.165) is 43.5 Å². The van der Waals surface area contributed by atoms with Gasteiger partial charge in [0.05, 0.1) is 12.6 Å². The number of nitrogens with zero attached hydrogens (tertiary/aromatic N) is 1. The number of ether oxygens (including phenoxy) is 1. The smallest absolute Gasteiger partial charge is 0.322 e. The summed E-state index contributed by atoms with van der Waals surface area (Å²) in [5.74, 6) is 1.05. The number of carbonyl (C=O) groups is 2. The van der Waals surface area contributed by atoms with E-state index in [4.69, 9.17) is 4.74 Å². The van der Waals surface area contributed by atoms with Crippen molar-refractivity contribution in [2.45, 2.75) is 38.6 Å². The molecule has 2 aromatic carbocycles. The Balaban J connectivity index is 1.41. The normalized spacial score (nSPS) is 18.4. The summed E-state index contributed by atoms with van der Waals surface area (Å²) in [7, 11) is 0. The van der Waals surface area contributed by atoms with Crippen molar-refractivity contribution in [3.05, 3.63) is 54.1 Å². The van der Waals surface area contributed by atoms with E-state index in [9.17, 15) is 9.59 Å². The van der Waals surface area contributed by atoms with Gasteiger partial charge < -0.3 is 20.3 Å². The molecule has 1 saturated carbocycles. The lowest BCUT2D eigenvalue weighted by atomic mass is 10.0. The highest BCUT2D eigenvalue weighted by molar-refractivity contribution is 5.95. The summed E-state index contributed by atoms with van der Waals surface area (Å²) in [5, 5.41) is 5.91. The van der Waals surface area contributed by atoms with Crippen molar-refractivity contribution in [1.82, 2.24) is 4.90 Å². The first kappa shape index (κ1) is 19.3. The van der Waals surface area contributed by atoms with Crippen LogP contribution in [0.4, 0.5) is 16.2 Å². The molecular weight excluding hydrogens is 366 g/mol. The minimum absolute atomic E-state index is 0.0587. The quantitative estimate of drug-likeness (QED) is 0.740. The summed E-state index contributed by atoms with van der Waals surface area (Å²) >= 11 is 0. The van der Waals surface area contributed by atoms with Gasteiger partial charge in [-0.25, -0.2) is 4.79 Å². The Morgan fingerprint density at radius 2 is 1.76 bits per heavy atom. The van der Waals surface area contributed by atoms with Crippen molar-refractivity contribution in [2.75, 3.05) is 23.8 Å². The van der Waals surface area contributed by atoms with Gasteiger partial charge in [0.1, 0.15) is 5.75 Å². The average molecular weight is 393 g/mol. The van der Waals surface area contributed by atoms with Gasteiger partial charge in [0.25, 0.3) is 0 Å². The molecule has 3 amide bonds. The predicted molar refractivity (Wildman–Crippen MR) is 113 cm³/mol. The van der Waals surface area contributed by atoms with Crippen molar-refractivity contribution in [2.24, 2.45) is 5.92 Å². The van der Waals surface area contributed by atoms with E-state index in [1.807, 2.05) is 54.3 Å². The van der Waals surface area contributed by atoms with Crippen LogP contribution < -0.4 is 15.4 Å². The Morgan fingerprint density at radius 1 is 1.03 bits per heavy atom. The molecule has 2 N–H and O–H groups in total. The largest absolute Gasteiger partial charge is 0.494 e. The average Bonchev–Trinajstić information content (AvgIpc) is 3.46. The maximum Gasteiger partial charge on any atom is 0.322 e. The molecular formula is C23H27N3O3. The fraction of sp³-hybridized carbons (Fsp3) is 0.391. The lowest BCUT2D eigenvalue weighted by molar-refractivity contribution is -0.117. The molecule has 0 bridgehead atoms. The van der Waals surface area contributed by atoms with E-state index in [1.165, 1.54) is 0 Å². The molecule has 152 valence electrons. The summed E-state index contributed by atoms with van der Waals surface area (Å²) in [6.07, 6.45) is 3.84. The summed E-state index contributed by atoms with van der Waals surface area (Å²) in [4.78, 5) is 26.8. The van der Waals surface area contributed by atoms with Crippen LogP contribution in [-0.2, 0) is 4.79 Å². The maximum absolute atomic E-state index is 12.9. The molecule has 29 heavy (non-hydrogen) atoms. The van der Waals surface area contributed by atoms with Gasteiger partial charge in [-0.05, 0) is 68.5 Å². The van der Waals surface area contributed by atoms with Crippen LogP contribution in [0.5, 0.6) is 5.75 Å². The summed E-state index contributed by atoms with van der Waals surface area (Å²) in [6.45, 7) is 3.32. The van der Waals surface area contributed by atoms with Gasteiger partial charge in [-0.1, -0.05) is 18.2 Å². The molecule has 1 heterocycles. The molecule has 6 nitrogen and oxygen atoms in total. The third kappa shape index (κ3) is 4.70. The van der Waals surface area contributed by atoms with Gasteiger partial charge in [-0.3, -0.25) is 4.79 Å². The van der Waals surface area contributed by atoms with Crippen LogP contribution in [0.1, 0.15) is 44.2 Å². The molecule has 1 unspecified atom stereocenters. The Morgan fingerprint density at radius 3 is 2.45 bits per heavy atom. The molecule has 0 spiro atoms. The fourth-order valence-corrected chi connectivity index (χ4v) is 3.77. The molecule has 2 aliphatic rings. The van der Waals surface area contributed by atoms with E-state index >= 15 is 0 Å². The molecule has 6 heteroatoms. The number of benzene rings is 2. The highest BCUT2D eigenvalue weighted by atomic mass is 16.5. The Hall–Kier alpha value is -3.02. The second kappa shape index (κ2) is 8.55. The highest BCUT2D eigenvalue weighted by Gasteiger charge is 2.31. The zero-order valence-electron chi connectivity index (χ0n) is 16.7. The van der Waals surface area contributed by atoms with Crippen molar-refractivity contribution >= 4 is 23.3 Å². The van der Waals surface area contributed by atoms with Crippen LogP contribution in [0, 0.1) is 5.92 Å². The molecule has 1 saturated heterocycles. The highest BCUT2D eigenvalue weighted by Crippen LogP contribution is 2.34. The number of anilines is 2. The predicted octanol–water partition coefficient (Wildman–Crippen LogP) is 4.80. The number of nitrogens with one attached hydrogen (secondary N) is 2. The minimum atomic E-state index is -0.118. The van der Waals surface area contributed by atoms with E-state index in [2.05, 4.69) is 10.6 Å². The number of rotatable bonds is 6. The fourth-order valence-electron chi connectivity index (χ4n) is 3.77. The van der Waals surface area contributed by atoms with E-state index in [0.29, 0.717) is 18.0 Å². The molecule has 2 aromatic rings. The zero-order chi connectivity index (χ0) is 20.2. The van der Waals surface area contributed by atoms with Crippen LogP contribution in [0.3, 0.4) is 0 Å². The topological polar surface area (TPSA) is 70.7 Å². The first-order chi connectivity index (χ1) is 14.1. The van der Waals surface area contributed by atoms with Crippen molar-refractivity contribution in [1.29, 1.82) is 0 Å². The van der Waals surface area contributed by atoms with E-state index in [1.54, 1.807) is 6.07 Å². The van der Waals surface area contributed by atoms with Gasteiger partial charge in [0.15, 0.2) is 0 Å². The second-order valence-corrected chi connectivity index (χ2v) is 7.63. The number of hydrogen-bond acceptors (Lipinski definition) is 3. The van der Waals surface area contributed by atoms with Crippen molar-refractivity contribution in [3.8, 4) is 5.75 Å². The number of urea groups is 1. The van der Waals surface area contributed by atoms with E-state index < -0.39 is 0 Å². The van der Waals surface area contributed by atoms with Gasteiger partial charge in [0, 0.05) is 23.8 Å². The molecule has 1 aliphatic heterocycles. The Bertz CT molecular complexity index is 877. The van der Waals surface area contributed by atoms with Crippen LogP contribution in [0.25, 0.3) is 0 Å². The third-order valence-corrected chi connectivity index (χ3v) is 5.42. The second-order valence-electron chi connectivity index (χ2n) is 7.63. The summed E-state index contributed by atoms with van der Waals surface area (Å²) in [5.41, 5.74) is 2.51. The third-order valence-electron chi connectivity index (χ3n) is 5.42. The van der Waals surface area contributed by atoms with Crippen LogP contribution in [0.2, 0.25) is 0 Å². The van der Waals surface area contributed by atoms with Gasteiger partial charge in [0.2, 0.25) is 5.91 Å². The van der Waals surface area contributed by atoms with Gasteiger partial charge >= 0.3 is 6.03 Å². The molecule has 0 aromatic heterocycles. The lowest BCUT2D eigenvalue weighted by Crippen LogP contribution is -2.34. The maximum atomic E-state index is 12.9. The number of likely N-dealkylation sites (tertiary alicyclic amines) is 1. The van der Waals surface area contributed by atoms with Crippen molar-refractivity contribution in [3.63, 3.8) is 0 Å². The lowest BCUT2D eigenvalue weighted by Gasteiger charge is -2.25. The minimum Gasteiger partial charge on any atom is -0.494 e. The summed E-state index contributed by atoms with van der Waals surface area (Å²) in [6, 6.07) is 15.3. The van der Waals surface area contributed by atoms with Gasteiger partial charge in [-0.15, -0.1) is 0 Å².